The number of nitrogens with zero attached hydrogens (tertiary/aromatic N) is 2. The number of hydrogen-bond acceptors (Lipinski definition) is 3. The molecule has 1 atom stereocenters. The van der Waals surface area contributed by atoms with E-state index in [2.05, 4.69) is 21.9 Å². The largest absolute Gasteiger partial charge is 0.315 e. The van der Waals surface area contributed by atoms with Gasteiger partial charge in [0.2, 0.25) is 0 Å². The highest BCUT2D eigenvalue weighted by Crippen LogP contribution is 2.05. The summed E-state index contributed by atoms with van der Waals surface area (Å²) >= 11 is 0. The van der Waals surface area contributed by atoms with E-state index in [0.717, 1.165) is 19.5 Å². The molecule has 0 aliphatic carbocycles. The van der Waals surface area contributed by atoms with E-state index >= 15 is 0 Å². The molecule has 2 N–H and O–H groups in total. The van der Waals surface area contributed by atoms with Gasteiger partial charge in [-0.1, -0.05) is 6.42 Å². The Kier molecular flexibility index (Phi) is 4.36. The van der Waals surface area contributed by atoms with Gasteiger partial charge in [-0.05, 0) is 37.9 Å². The average molecular weight is 222 g/mol. The third-order valence-corrected chi connectivity index (χ3v) is 3.15. The van der Waals surface area contributed by atoms with E-state index in [1.807, 2.05) is 17.9 Å². The molecule has 4 heteroatoms. The fourth-order valence-corrected chi connectivity index (χ4v) is 2.21. The molecule has 1 unspecified atom stereocenters. The second kappa shape index (κ2) is 6.01. The van der Waals surface area contributed by atoms with Crippen molar-refractivity contribution >= 4 is 0 Å². The Hall–Kier alpha value is -0.870. The van der Waals surface area contributed by atoms with Crippen LogP contribution in [0.25, 0.3) is 0 Å². The molecular formula is C12H22N4. The number of piperidine rings is 1. The molecule has 16 heavy (non-hydrogen) atoms. The number of aryl methyl sites for hydroxylation is 1. The quantitative estimate of drug-likeness (QED) is 0.720. The van der Waals surface area contributed by atoms with E-state index < -0.39 is 0 Å². The maximum atomic E-state index is 4.16. The number of nitrogens with one attached hydrogen (secondary N) is 2. The van der Waals surface area contributed by atoms with Crippen molar-refractivity contribution in [3.63, 3.8) is 0 Å². The van der Waals surface area contributed by atoms with Crippen molar-refractivity contribution in [3.05, 3.63) is 18.0 Å². The normalized spacial score (nSPS) is 21.2. The molecule has 0 saturated carbocycles. The van der Waals surface area contributed by atoms with Crippen LogP contribution in [-0.2, 0) is 13.5 Å². The molecular weight excluding hydrogens is 200 g/mol. The molecule has 0 radical (unpaired) electrons. The molecule has 2 heterocycles. The first kappa shape index (κ1) is 11.6. The van der Waals surface area contributed by atoms with E-state index in [-0.39, 0.29) is 0 Å². The van der Waals surface area contributed by atoms with Crippen LogP contribution in [0.4, 0.5) is 0 Å². The van der Waals surface area contributed by atoms with E-state index in [9.17, 15) is 0 Å². The van der Waals surface area contributed by atoms with E-state index in [1.54, 1.807) is 0 Å². The summed E-state index contributed by atoms with van der Waals surface area (Å²) in [5.41, 5.74) is 1.31. The van der Waals surface area contributed by atoms with Crippen LogP contribution in [0.15, 0.2) is 12.4 Å². The fraction of sp³-hybridized carbons (Fsp3) is 0.750. The van der Waals surface area contributed by atoms with Crippen molar-refractivity contribution < 1.29 is 0 Å². The van der Waals surface area contributed by atoms with Crippen molar-refractivity contribution in [3.8, 4) is 0 Å². The standard InChI is InChI=1S/C12H22N4/c1-16-10-11(8-15-16)5-7-13-9-12-4-2-3-6-14-12/h8,10,12-14H,2-7,9H2,1H3. The fourth-order valence-electron chi connectivity index (χ4n) is 2.21. The Balaban J connectivity index is 1.57. The van der Waals surface area contributed by atoms with Crippen LogP contribution >= 0.6 is 0 Å². The molecule has 0 bridgehead atoms. The van der Waals surface area contributed by atoms with Crippen molar-refractivity contribution in [2.24, 2.45) is 7.05 Å². The average Bonchev–Trinajstić information content (AvgIpc) is 2.72. The molecule has 1 aliphatic rings. The summed E-state index contributed by atoms with van der Waals surface area (Å²) in [5.74, 6) is 0. The van der Waals surface area contributed by atoms with Crippen LogP contribution < -0.4 is 10.6 Å². The van der Waals surface area contributed by atoms with Crippen molar-refractivity contribution in [2.45, 2.75) is 31.7 Å². The Morgan fingerprint density at radius 3 is 3.19 bits per heavy atom. The first-order valence-corrected chi connectivity index (χ1v) is 6.26. The highest BCUT2D eigenvalue weighted by molar-refractivity contribution is 5.03. The molecule has 2 rings (SSSR count). The minimum Gasteiger partial charge on any atom is -0.315 e. The maximum Gasteiger partial charge on any atom is 0.0522 e. The molecule has 0 amide bonds. The zero-order valence-corrected chi connectivity index (χ0v) is 10.1. The summed E-state index contributed by atoms with van der Waals surface area (Å²) in [5, 5.41) is 11.2. The molecule has 1 fully saturated rings. The van der Waals surface area contributed by atoms with Crippen molar-refractivity contribution in [1.29, 1.82) is 0 Å². The first-order valence-electron chi connectivity index (χ1n) is 6.26. The summed E-state index contributed by atoms with van der Waals surface area (Å²) in [6.45, 7) is 3.33. The molecule has 1 aromatic heterocycles. The highest BCUT2D eigenvalue weighted by atomic mass is 15.2. The summed E-state index contributed by atoms with van der Waals surface area (Å²) in [4.78, 5) is 0. The Morgan fingerprint density at radius 1 is 1.56 bits per heavy atom. The van der Waals surface area contributed by atoms with E-state index in [4.69, 9.17) is 0 Å². The van der Waals surface area contributed by atoms with Gasteiger partial charge in [-0.2, -0.15) is 5.10 Å². The van der Waals surface area contributed by atoms with Gasteiger partial charge in [0, 0.05) is 25.8 Å². The van der Waals surface area contributed by atoms with E-state index in [0.29, 0.717) is 6.04 Å². The van der Waals surface area contributed by atoms with Crippen LogP contribution in [0.2, 0.25) is 0 Å². The summed E-state index contributed by atoms with van der Waals surface area (Å²) in [7, 11) is 1.96. The first-order chi connectivity index (χ1) is 7.84. The third kappa shape index (κ3) is 3.61. The summed E-state index contributed by atoms with van der Waals surface area (Å²) in [6.07, 6.45) is 9.13. The van der Waals surface area contributed by atoms with Gasteiger partial charge >= 0.3 is 0 Å². The third-order valence-electron chi connectivity index (χ3n) is 3.15. The Morgan fingerprint density at radius 2 is 2.50 bits per heavy atom. The zero-order valence-electron chi connectivity index (χ0n) is 10.1. The predicted octanol–water partition coefficient (Wildman–Crippen LogP) is 0.694. The molecule has 4 nitrogen and oxygen atoms in total. The molecule has 1 aliphatic heterocycles. The van der Waals surface area contributed by atoms with Gasteiger partial charge in [-0.3, -0.25) is 4.68 Å². The van der Waals surface area contributed by atoms with Gasteiger partial charge in [-0.25, -0.2) is 0 Å². The lowest BCUT2D eigenvalue weighted by Gasteiger charge is -2.23. The van der Waals surface area contributed by atoms with Gasteiger partial charge in [0.1, 0.15) is 0 Å². The minimum atomic E-state index is 0.683. The Bertz CT molecular complexity index is 302. The van der Waals surface area contributed by atoms with Crippen LogP contribution in [0.1, 0.15) is 24.8 Å². The highest BCUT2D eigenvalue weighted by Gasteiger charge is 2.11. The number of aromatic nitrogens is 2. The lowest BCUT2D eigenvalue weighted by atomic mass is 10.1. The molecule has 1 saturated heterocycles. The van der Waals surface area contributed by atoms with Gasteiger partial charge < -0.3 is 10.6 Å². The Labute approximate surface area is 97.4 Å². The van der Waals surface area contributed by atoms with Crippen LogP contribution in [0.3, 0.4) is 0 Å². The predicted molar refractivity (Wildman–Crippen MR) is 65.4 cm³/mol. The smallest absolute Gasteiger partial charge is 0.0522 e. The number of rotatable bonds is 5. The van der Waals surface area contributed by atoms with Crippen LogP contribution in [0, 0.1) is 0 Å². The summed E-state index contributed by atoms with van der Waals surface area (Å²) in [6, 6.07) is 0.683. The summed E-state index contributed by atoms with van der Waals surface area (Å²) < 4.78 is 1.86. The second-order valence-corrected chi connectivity index (χ2v) is 4.62. The van der Waals surface area contributed by atoms with Crippen LogP contribution in [-0.4, -0.2) is 35.5 Å². The molecule has 1 aromatic rings. The SMILES string of the molecule is Cn1cc(CCNCC2CCCCN2)cn1. The second-order valence-electron chi connectivity index (χ2n) is 4.62. The topological polar surface area (TPSA) is 41.9 Å². The van der Waals surface area contributed by atoms with Crippen LogP contribution in [0.5, 0.6) is 0 Å². The van der Waals surface area contributed by atoms with Gasteiger partial charge in [0.15, 0.2) is 0 Å². The minimum absolute atomic E-state index is 0.683. The zero-order chi connectivity index (χ0) is 11.2. The lowest BCUT2D eigenvalue weighted by Crippen LogP contribution is -2.42. The lowest BCUT2D eigenvalue weighted by molar-refractivity contribution is 0.384. The van der Waals surface area contributed by atoms with E-state index in [1.165, 1.54) is 31.4 Å². The molecule has 90 valence electrons. The maximum absolute atomic E-state index is 4.16. The van der Waals surface area contributed by atoms with Crippen molar-refractivity contribution in [2.75, 3.05) is 19.6 Å². The molecule has 0 spiro atoms. The van der Waals surface area contributed by atoms with Gasteiger partial charge in [0.05, 0.1) is 6.20 Å². The van der Waals surface area contributed by atoms with Gasteiger partial charge in [-0.15, -0.1) is 0 Å². The number of hydrogen-bond donors (Lipinski definition) is 2. The van der Waals surface area contributed by atoms with Gasteiger partial charge in [0.25, 0.3) is 0 Å². The molecule has 0 aromatic carbocycles. The monoisotopic (exact) mass is 222 g/mol. The van der Waals surface area contributed by atoms with Crippen molar-refractivity contribution in [1.82, 2.24) is 20.4 Å².